The van der Waals surface area contributed by atoms with Gasteiger partial charge in [-0.1, -0.05) is 13.3 Å². The minimum Gasteiger partial charge on any atom is -0.480 e. The van der Waals surface area contributed by atoms with Gasteiger partial charge in [-0.2, -0.15) is 0 Å². The highest BCUT2D eigenvalue weighted by Gasteiger charge is 2.18. The molecule has 1 atom stereocenters. The van der Waals surface area contributed by atoms with Crippen molar-refractivity contribution >= 4 is 23.4 Å². The monoisotopic (exact) mass is 281 g/mol. The fourth-order valence-corrected chi connectivity index (χ4v) is 1.54. The number of nitro benzene ring substituents is 1. The van der Waals surface area contributed by atoms with E-state index in [-0.39, 0.29) is 5.69 Å². The molecule has 0 aliphatic carbocycles. The largest absolute Gasteiger partial charge is 0.480 e. The lowest BCUT2D eigenvalue weighted by molar-refractivity contribution is -0.384. The summed E-state index contributed by atoms with van der Waals surface area (Å²) in [6, 6.07) is 3.60. The second-order valence-corrected chi connectivity index (χ2v) is 4.08. The molecule has 0 aliphatic rings. The van der Waals surface area contributed by atoms with Crippen LogP contribution in [0.4, 0.5) is 16.2 Å². The van der Waals surface area contributed by atoms with E-state index in [1.807, 2.05) is 6.92 Å². The zero-order valence-corrected chi connectivity index (χ0v) is 10.8. The van der Waals surface area contributed by atoms with Gasteiger partial charge in [-0.3, -0.25) is 10.1 Å². The van der Waals surface area contributed by atoms with E-state index in [9.17, 15) is 19.7 Å². The van der Waals surface area contributed by atoms with Crippen molar-refractivity contribution in [1.82, 2.24) is 5.32 Å². The van der Waals surface area contributed by atoms with Crippen molar-refractivity contribution in [3.63, 3.8) is 0 Å². The Kier molecular flexibility index (Phi) is 5.45. The summed E-state index contributed by atoms with van der Waals surface area (Å²) < 4.78 is 0. The van der Waals surface area contributed by atoms with Crippen LogP contribution < -0.4 is 10.6 Å². The number of nitrogens with zero attached hydrogens (tertiary/aromatic N) is 1. The van der Waals surface area contributed by atoms with Gasteiger partial charge >= 0.3 is 12.0 Å². The number of nitrogens with one attached hydrogen (secondary N) is 2. The van der Waals surface area contributed by atoms with Crippen LogP contribution in [0.2, 0.25) is 0 Å². The van der Waals surface area contributed by atoms with E-state index in [0.29, 0.717) is 18.5 Å². The molecule has 8 nitrogen and oxygen atoms in total. The smallest absolute Gasteiger partial charge is 0.326 e. The molecule has 0 heterocycles. The first-order valence-electron chi connectivity index (χ1n) is 5.98. The summed E-state index contributed by atoms with van der Waals surface area (Å²) in [5.41, 5.74) is 0.249. The van der Waals surface area contributed by atoms with Gasteiger partial charge in [0.2, 0.25) is 0 Å². The Bertz CT molecular complexity index is 500. The quantitative estimate of drug-likeness (QED) is 0.543. The number of aliphatic carboxylic acids is 1. The van der Waals surface area contributed by atoms with Gasteiger partial charge in [-0.15, -0.1) is 0 Å². The zero-order valence-electron chi connectivity index (χ0n) is 10.8. The Morgan fingerprint density at radius 2 is 1.95 bits per heavy atom. The van der Waals surface area contributed by atoms with E-state index < -0.39 is 23.0 Å². The van der Waals surface area contributed by atoms with Gasteiger partial charge in [-0.05, 0) is 18.6 Å². The molecule has 1 unspecified atom stereocenters. The number of carboxylic acids is 1. The highest BCUT2D eigenvalue weighted by atomic mass is 16.6. The number of hydrogen-bond acceptors (Lipinski definition) is 4. The van der Waals surface area contributed by atoms with Crippen molar-refractivity contribution in [2.75, 3.05) is 5.32 Å². The van der Waals surface area contributed by atoms with Gasteiger partial charge in [0.05, 0.1) is 4.92 Å². The average Bonchev–Trinajstić information content (AvgIpc) is 2.38. The molecule has 20 heavy (non-hydrogen) atoms. The number of anilines is 1. The Morgan fingerprint density at radius 1 is 1.35 bits per heavy atom. The van der Waals surface area contributed by atoms with Gasteiger partial charge in [-0.25, -0.2) is 9.59 Å². The molecular formula is C12H15N3O5. The summed E-state index contributed by atoms with van der Waals surface area (Å²) in [6.07, 6.45) is 0.942. The molecule has 1 rings (SSSR count). The number of urea groups is 1. The Labute approximate surface area is 114 Å². The lowest BCUT2D eigenvalue weighted by Crippen LogP contribution is -2.42. The molecule has 0 spiro atoms. The predicted molar refractivity (Wildman–Crippen MR) is 71.6 cm³/mol. The van der Waals surface area contributed by atoms with Gasteiger partial charge in [0.1, 0.15) is 6.04 Å². The van der Waals surface area contributed by atoms with E-state index in [2.05, 4.69) is 10.6 Å². The second-order valence-electron chi connectivity index (χ2n) is 4.08. The number of nitro groups is 1. The molecule has 0 saturated carbocycles. The van der Waals surface area contributed by atoms with Gasteiger partial charge in [0.15, 0.2) is 0 Å². The Balaban J connectivity index is 2.61. The standard InChI is InChI=1S/C12H15N3O5/c1-2-3-10(11(16)17)14-12(18)13-8-4-6-9(7-5-8)15(19)20/h4-7,10H,2-3H2,1H3,(H,16,17)(H2,13,14,18). The molecule has 1 aromatic rings. The maximum atomic E-state index is 11.6. The van der Waals surface area contributed by atoms with Gasteiger partial charge in [0, 0.05) is 17.8 Å². The van der Waals surface area contributed by atoms with E-state index in [1.54, 1.807) is 0 Å². The highest BCUT2D eigenvalue weighted by Crippen LogP contribution is 2.15. The number of carboxylic acid groups (broad SMARTS) is 1. The first kappa shape index (κ1) is 15.4. The molecule has 108 valence electrons. The molecule has 2 amide bonds. The molecular weight excluding hydrogens is 266 g/mol. The third-order valence-electron chi connectivity index (χ3n) is 2.52. The van der Waals surface area contributed by atoms with Gasteiger partial charge < -0.3 is 15.7 Å². The lowest BCUT2D eigenvalue weighted by atomic mass is 10.2. The van der Waals surface area contributed by atoms with Crippen LogP contribution in [0.15, 0.2) is 24.3 Å². The van der Waals surface area contributed by atoms with Crippen LogP contribution >= 0.6 is 0 Å². The maximum Gasteiger partial charge on any atom is 0.326 e. The number of carbonyl (C=O) groups is 2. The summed E-state index contributed by atoms with van der Waals surface area (Å²) in [5, 5.41) is 24.1. The highest BCUT2D eigenvalue weighted by molar-refractivity contribution is 5.92. The normalized spacial score (nSPS) is 11.4. The second kappa shape index (κ2) is 7.07. The SMILES string of the molecule is CCCC(NC(=O)Nc1ccc([N+](=O)[O-])cc1)C(=O)O. The van der Waals surface area contributed by atoms with Crippen LogP contribution in [0.5, 0.6) is 0 Å². The fourth-order valence-electron chi connectivity index (χ4n) is 1.54. The molecule has 8 heteroatoms. The number of benzene rings is 1. The number of hydrogen-bond donors (Lipinski definition) is 3. The number of amides is 2. The summed E-state index contributed by atoms with van der Waals surface area (Å²) in [4.78, 5) is 32.4. The topological polar surface area (TPSA) is 122 Å². The van der Waals surface area contributed by atoms with Crippen molar-refractivity contribution in [2.24, 2.45) is 0 Å². The number of non-ortho nitro benzene ring substituents is 1. The number of rotatable bonds is 6. The van der Waals surface area contributed by atoms with Crippen molar-refractivity contribution in [2.45, 2.75) is 25.8 Å². The van der Waals surface area contributed by atoms with Crippen LogP contribution in [0.3, 0.4) is 0 Å². The molecule has 0 saturated heterocycles. The molecule has 3 N–H and O–H groups in total. The van der Waals surface area contributed by atoms with Crippen molar-refractivity contribution in [3.8, 4) is 0 Å². The summed E-state index contributed by atoms with van der Waals surface area (Å²) in [5.74, 6) is -1.11. The predicted octanol–water partition coefficient (Wildman–Crippen LogP) is 1.97. The maximum absolute atomic E-state index is 11.6. The first-order chi connectivity index (χ1) is 9.43. The molecule has 0 aliphatic heterocycles. The zero-order chi connectivity index (χ0) is 15.1. The van der Waals surface area contributed by atoms with E-state index in [1.165, 1.54) is 24.3 Å². The van der Waals surface area contributed by atoms with E-state index >= 15 is 0 Å². The van der Waals surface area contributed by atoms with Crippen LogP contribution in [0.25, 0.3) is 0 Å². The molecule has 0 aromatic heterocycles. The van der Waals surface area contributed by atoms with Crippen molar-refractivity contribution in [3.05, 3.63) is 34.4 Å². The van der Waals surface area contributed by atoms with Gasteiger partial charge in [0.25, 0.3) is 5.69 Å². The van der Waals surface area contributed by atoms with Crippen molar-refractivity contribution < 1.29 is 19.6 Å². The van der Waals surface area contributed by atoms with E-state index in [4.69, 9.17) is 5.11 Å². The summed E-state index contributed by atoms with van der Waals surface area (Å²) in [6.45, 7) is 1.81. The minimum absolute atomic E-state index is 0.0923. The van der Waals surface area contributed by atoms with Crippen molar-refractivity contribution in [1.29, 1.82) is 0 Å². The summed E-state index contributed by atoms with van der Waals surface area (Å²) >= 11 is 0. The van der Waals surface area contributed by atoms with Crippen LogP contribution in [0, 0.1) is 10.1 Å². The minimum atomic E-state index is -1.11. The lowest BCUT2D eigenvalue weighted by Gasteiger charge is -2.14. The molecule has 0 fully saturated rings. The average molecular weight is 281 g/mol. The Morgan fingerprint density at radius 3 is 2.40 bits per heavy atom. The molecule has 1 aromatic carbocycles. The van der Waals surface area contributed by atoms with Crippen LogP contribution in [-0.4, -0.2) is 28.1 Å². The fraction of sp³-hybridized carbons (Fsp3) is 0.333. The molecule has 0 bridgehead atoms. The third-order valence-corrected chi connectivity index (χ3v) is 2.52. The number of carbonyl (C=O) groups excluding carboxylic acids is 1. The van der Waals surface area contributed by atoms with E-state index in [0.717, 1.165) is 0 Å². The van der Waals surface area contributed by atoms with Crippen LogP contribution in [0.1, 0.15) is 19.8 Å². The van der Waals surface area contributed by atoms with Crippen LogP contribution in [-0.2, 0) is 4.79 Å². The molecule has 0 radical (unpaired) electrons. The summed E-state index contributed by atoms with van der Waals surface area (Å²) in [7, 11) is 0. The third kappa shape index (κ3) is 4.56. The first-order valence-corrected chi connectivity index (χ1v) is 5.98. The Hall–Kier alpha value is -2.64.